The molecule has 2 nitrogen and oxygen atoms in total. The lowest BCUT2D eigenvalue weighted by atomic mass is 10.2. The van der Waals surface area contributed by atoms with Crippen LogP contribution in [0.3, 0.4) is 0 Å². The third-order valence-corrected chi connectivity index (χ3v) is 2.29. The Morgan fingerprint density at radius 3 is 2.00 bits per heavy atom. The van der Waals surface area contributed by atoms with Crippen LogP contribution in [0.4, 0.5) is 0 Å². The van der Waals surface area contributed by atoms with Gasteiger partial charge in [0.15, 0.2) is 0 Å². The van der Waals surface area contributed by atoms with Crippen LogP contribution in [0.2, 0.25) is 15.1 Å². The Bertz CT molecular complexity index is 269. The van der Waals surface area contributed by atoms with E-state index in [1.807, 2.05) is 0 Å². The minimum absolute atomic E-state index is 0. The zero-order chi connectivity index (χ0) is 9.14. The first kappa shape index (κ1) is 13.3. The fourth-order valence-electron chi connectivity index (χ4n) is 0.850. The van der Waals surface area contributed by atoms with Gasteiger partial charge in [0.25, 0.3) is 0 Å². The molecular weight excluding hydrogens is 256 g/mol. The number of benzene rings is 1. The first-order valence-electron chi connectivity index (χ1n) is 3.22. The van der Waals surface area contributed by atoms with Crippen LogP contribution in [0.1, 0.15) is 5.56 Å². The molecule has 0 saturated heterocycles. The molecule has 1 aromatic rings. The molecule has 0 amide bonds. The van der Waals surface area contributed by atoms with Crippen LogP contribution in [-0.4, -0.2) is 0 Å². The van der Waals surface area contributed by atoms with Crippen LogP contribution < -0.4 is 17.9 Å². The van der Waals surface area contributed by atoms with E-state index >= 15 is 0 Å². The largest absolute Gasteiger partial charge is 1.00 e. The fourth-order valence-corrected chi connectivity index (χ4v) is 1.82. The normalized spacial score (nSPS) is 9.54. The highest BCUT2D eigenvalue weighted by Crippen LogP contribution is 2.27. The Kier molecular flexibility index (Phi) is 6.05. The Labute approximate surface area is 97.2 Å². The summed E-state index contributed by atoms with van der Waals surface area (Å²) in [5, 5.41) is 11.5. The van der Waals surface area contributed by atoms with Crippen LogP contribution in [0.25, 0.3) is 0 Å². The van der Waals surface area contributed by atoms with Gasteiger partial charge in [-0.25, -0.2) is 0 Å². The number of rotatable bonds is 2. The van der Waals surface area contributed by atoms with Crippen molar-refractivity contribution in [3.63, 3.8) is 0 Å². The quantitative estimate of drug-likeness (QED) is 0.697. The Balaban J connectivity index is 0.00000144. The molecule has 0 atom stereocenters. The maximum atomic E-state index is 10.2. The van der Waals surface area contributed by atoms with Gasteiger partial charge in [-0.1, -0.05) is 34.8 Å². The van der Waals surface area contributed by atoms with Crippen molar-refractivity contribution in [2.75, 3.05) is 0 Å². The number of hydrogen-bond acceptors (Lipinski definition) is 1. The van der Waals surface area contributed by atoms with Crippen LogP contribution in [0.5, 0.6) is 0 Å². The Morgan fingerprint density at radius 1 is 1.15 bits per heavy atom. The van der Waals surface area contributed by atoms with E-state index in [0.29, 0.717) is 20.6 Å². The topological polar surface area (TPSA) is 39.7 Å². The van der Waals surface area contributed by atoms with Gasteiger partial charge in [-0.2, -0.15) is 0 Å². The fraction of sp³-hybridized carbons (Fsp3) is 0.143. The van der Waals surface area contributed by atoms with Crippen molar-refractivity contribution < 1.29 is 17.9 Å². The zero-order valence-electron chi connectivity index (χ0n) is 6.36. The highest BCUT2D eigenvalue weighted by atomic mass is 35.5. The minimum Gasteiger partial charge on any atom is -1.00 e. The summed E-state index contributed by atoms with van der Waals surface area (Å²) in [6.45, 7) is 0.217. The first-order valence-corrected chi connectivity index (χ1v) is 4.35. The maximum absolute atomic E-state index is 10.2. The van der Waals surface area contributed by atoms with E-state index in [9.17, 15) is 5.21 Å². The van der Waals surface area contributed by atoms with Crippen molar-refractivity contribution in [3.8, 4) is 0 Å². The van der Waals surface area contributed by atoms with E-state index in [-0.39, 0.29) is 19.0 Å². The summed E-state index contributed by atoms with van der Waals surface area (Å²) in [5.74, 6) is 0. The highest BCUT2D eigenvalue weighted by molar-refractivity contribution is 6.39. The molecule has 0 unspecified atom stereocenters. The van der Waals surface area contributed by atoms with Gasteiger partial charge in [0.05, 0.1) is 10.0 Å². The molecule has 2 N–H and O–H groups in total. The molecule has 0 aromatic heterocycles. The number of nitrogens with two attached hydrogens (primary N) is 1. The van der Waals surface area contributed by atoms with E-state index in [1.165, 1.54) is 0 Å². The second kappa shape index (κ2) is 5.91. The van der Waals surface area contributed by atoms with Crippen LogP contribution in [0.15, 0.2) is 12.1 Å². The molecule has 0 aliphatic rings. The zero-order valence-corrected chi connectivity index (χ0v) is 9.38. The van der Waals surface area contributed by atoms with E-state index < -0.39 is 0 Å². The van der Waals surface area contributed by atoms with Crippen molar-refractivity contribution in [2.45, 2.75) is 6.54 Å². The molecule has 0 spiro atoms. The summed E-state index contributed by atoms with van der Waals surface area (Å²) < 4.78 is 0. The van der Waals surface area contributed by atoms with Gasteiger partial charge in [0.2, 0.25) is 0 Å². The molecule has 74 valence electrons. The van der Waals surface area contributed by atoms with E-state index in [4.69, 9.17) is 34.8 Å². The first-order chi connectivity index (χ1) is 5.65. The lowest BCUT2D eigenvalue weighted by molar-refractivity contribution is -0.605. The lowest BCUT2D eigenvalue weighted by Gasteiger charge is -2.07. The summed E-state index contributed by atoms with van der Waals surface area (Å²) in [7, 11) is 0. The third kappa shape index (κ3) is 3.50. The molecule has 0 saturated carbocycles. The molecular formula is C7H6Cl4NO-. The Morgan fingerprint density at radius 2 is 1.62 bits per heavy atom. The van der Waals surface area contributed by atoms with Crippen LogP contribution >= 0.6 is 34.8 Å². The van der Waals surface area contributed by atoms with Gasteiger partial charge in [-0.15, -0.1) is 0 Å². The number of hydrogen-bond donors (Lipinski definition) is 1. The van der Waals surface area contributed by atoms with E-state index in [2.05, 4.69) is 0 Å². The smallest absolute Gasteiger partial charge is 0.104 e. The van der Waals surface area contributed by atoms with Crippen molar-refractivity contribution >= 4 is 34.8 Å². The lowest BCUT2D eigenvalue weighted by Crippen LogP contribution is -3.00. The second-order valence-corrected chi connectivity index (χ2v) is 3.47. The SMILES string of the molecule is [Cl-].[O-][NH2+]Cc1c(Cl)cc(Cl)cc1Cl. The van der Waals surface area contributed by atoms with Gasteiger partial charge in [0.1, 0.15) is 6.54 Å². The summed E-state index contributed by atoms with van der Waals surface area (Å²) in [4.78, 5) is 0. The van der Waals surface area contributed by atoms with Gasteiger partial charge >= 0.3 is 0 Å². The molecule has 0 radical (unpaired) electrons. The van der Waals surface area contributed by atoms with Crippen molar-refractivity contribution in [1.29, 1.82) is 0 Å². The Hall–Kier alpha value is 0.300. The molecule has 1 rings (SSSR count). The molecule has 0 fully saturated rings. The summed E-state index contributed by atoms with van der Waals surface area (Å²) in [6.07, 6.45) is 0. The van der Waals surface area contributed by atoms with Crippen molar-refractivity contribution in [1.82, 2.24) is 0 Å². The third-order valence-electron chi connectivity index (χ3n) is 1.39. The van der Waals surface area contributed by atoms with Gasteiger partial charge in [-0.05, 0) is 12.1 Å². The molecule has 0 bridgehead atoms. The molecule has 13 heavy (non-hydrogen) atoms. The highest BCUT2D eigenvalue weighted by Gasteiger charge is 2.07. The average molecular weight is 262 g/mol. The number of quaternary nitrogens is 1. The maximum Gasteiger partial charge on any atom is 0.104 e. The van der Waals surface area contributed by atoms with Crippen LogP contribution in [0, 0.1) is 5.21 Å². The van der Waals surface area contributed by atoms with E-state index in [1.54, 1.807) is 12.1 Å². The van der Waals surface area contributed by atoms with Crippen molar-refractivity contribution in [2.24, 2.45) is 0 Å². The van der Waals surface area contributed by atoms with Crippen molar-refractivity contribution in [3.05, 3.63) is 38.0 Å². The summed E-state index contributed by atoms with van der Waals surface area (Å²) in [6, 6.07) is 3.13. The average Bonchev–Trinajstić information content (AvgIpc) is 1.96. The summed E-state index contributed by atoms with van der Waals surface area (Å²) >= 11 is 17.2. The molecule has 0 aliphatic heterocycles. The number of hydroxylamine groups is 1. The molecule has 0 aliphatic carbocycles. The molecule has 0 heterocycles. The summed E-state index contributed by atoms with van der Waals surface area (Å²) in [5.41, 5.74) is 1.37. The van der Waals surface area contributed by atoms with Gasteiger partial charge in [-0.3, -0.25) is 0 Å². The second-order valence-electron chi connectivity index (χ2n) is 2.22. The predicted octanol–water partition coefficient (Wildman–Crippen LogP) is -0.788. The van der Waals surface area contributed by atoms with Gasteiger partial charge < -0.3 is 23.1 Å². The standard InChI is InChI=1S/C7H6Cl3NO.ClH/c8-4-1-6(9)5(3-11-12)7(10)2-4;/h1-2H,3,11H2;1H/p-1. The van der Waals surface area contributed by atoms with Gasteiger partial charge in [0, 0.05) is 10.6 Å². The monoisotopic (exact) mass is 260 g/mol. The minimum atomic E-state index is 0. The predicted molar refractivity (Wildman–Crippen MR) is 50.5 cm³/mol. The number of halogens is 4. The van der Waals surface area contributed by atoms with E-state index in [0.717, 1.165) is 5.48 Å². The van der Waals surface area contributed by atoms with Crippen LogP contribution in [-0.2, 0) is 6.54 Å². The molecule has 6 heteroatoms. The molecule has 1 aromatic carbocycles.